The van der Waals surface area contributed by atoms with Crippen LogP contribution in [0.1, 0.15) is 24.1 Å². The Kier molecular flexibility index (Phi) is 8.89. The second-order valence-electron chi connectivity index (χ2n) is 8.42. The summed E-state index contributed by atoms with van der Waals surface area (Å²) in [7, 11) is 2.87. The molecule has 0 aliphatic carbocycles. The Morgan fingerprint density at radius 2 is 1.72 bits per heavy atom. The lowest BCUT2D eigenvalue weighted by Crippen LogP contribution is -2.42. The van der Waals surface area contributed by atoms with E-state index in [2.05, 4.69) is 0 Å². The van der Waals surface area contributed by atoms with E-state index in [-0.39, 0.29) is 24.2 Å². The zero-order chi connectivity index (χ0) is 28.9. The van der Waals surface area contributed by atoms with Crippen LogP contribution < -0.4 is 20.9 Å². The average molecular weight is 553 g/mol. The summed E-state index contributed by atoms with van der Waals surface area (Å²) in [5.74, 6) is -1.03. The quantitative estimate of drug-likeness (QED) is 0.269. The third kappa shape index (κ3) is 6.51. The van der Waals surface area contributed by atoms with E-state index in [0.29, 0.717) is 29.5 Å². The maximum absolute atomic E-state index is 13.5. The number of hydrogen-bond donors (Lipinski definition) is 1. The molecule has 39 heavy (non-hydrogen) atoms. The predicted octanol–water partition coefficient (Wildman–Crippen LogP) is 2.09. The van der Waals surface area contributed by atoms with Gasteiger partial charge in [-0.2, -0.15) is 13.2 Å². The summed E-state index contributed by atoms with van der Waals surface area (Å²) >= 11 is 0. The molecule has 0 fully saturated rings. The van der Waals surface area contributed by atoms with E-state index in [4.69, 9.17) is 19.9 Å². The Bertz CT molecular complexity index is 1410. The molecule has 11 nitrogen and oxygen atoms in total. The van der Waals surface area contributed by atoms with Gasteiger partial charge < -0.3 is 24.8 Å². The van der Waals surface area contributed by atoms with Gasteiger partial charge in [-0.25, -0.2) is 4.79 Å². The molecular formula is C25H27F3N4O7. The molecule has 0 saturated carbocycles. The molecule has 210 valence electrons. The van der Waals surface area contributed by atoms with Crippen molar-refractivity contribution in [1.29, 1.82) is 0 Å². The van der Waals surface area contributed by atoms with Crippen LogP contribution in [0.2, 0.25) is 0 Å². The lowest BCUT2D eigenvalue weighted by atomic mass is 10.1. The summed E-state index contributed by atoms with van der Waals surface area (Å²) in [6, 6.07) is 5.72. The molecule has 2 N–H and O–H groups in total. The van der Waals surface area contributed by atoms with Gasteiger partial charge in [0.1, 0.15) is 24.1 Å². The number of alkyl halides is 3. The maximum atomic E-state index is 13.5. The standard InChI is InChI=1S/C25H27F3N4O7/c1-4-39-22(34)13-31-19-6-5-16(25(26,27)28)9-20(19)32(24(31)36)21(23(29)35)12-30(14-33)11-15-7-17(37-2)10-18(8-15)38-3/h5-10,14,21H,4,11-13H2,1-3H3,(H2,29,35). The molecule has 2 amide bonds. The number of amides is 2. The minimum atomic E-state index is -4.76. The third-order valence-corrected chi connectivity index (χ3v) is 5.88. The first-order valence-corrected chi connectivity index (χ1v) is 11.6. The van der Waals surface area contributed by atoms with Crippen molar-refractivity contribution in [3.63, 3.8) is 0 Å². The lowest BCUT2D eigenvalue weighted by Gasteiger charge is -2.24. The fourth-order valence-electron chi connectivity index (χ4n) is 4.10. The third-order valence-electron chi connectivity index (χ3n) is 5.88. The Morgan fingerprint density at radius 3 is 2.23 bits per heavy atom. The second kappa shape index (κ2) is 11.9. The zero-order valence-electron chi connectivity index (χ0n) is 21.4. The van der Waals surface area contributed by atoms with Gasteiger partial charge in [0.05, 0.1) is 44.0 Å². The number of hydrogen-bond acceptors (Lipinski definition) is 7. The van der Waals surface area contributed by atoms with Crippen LogP contribution in [0.25, 0.3) is 11.0 Å². The zero-order valence-corrected chi connectivity index (χ0v) is 21.4. The van der Waals surface area contributed by atoms with Crippen molar-refractivity contribution in [2.75, 3.05) is 27.4 Å². The normalized spacial score (nSPS) is 12.2. The Balaban J connectivity index is 2.11. The van der Waals surface area contributed by atoms with E-state index in [1.807, 2.05) is 0 Å². The summed E-state index contributed by atoms with van der Waals surface area (Å²) in [5.41, 5.74) is 3.72. The largest absolute Gasteiger partial charge is 0.497 e. The van der Waals surface area contributed by atoms with E-state index < -0.39 is 48.4 Å². The smallest absolute Gasteiger partial charge is 0.416 e. The van der Waals surface area contributed by atoms with Crippen LogP contribution in [0, 0.1) is 0 Å². The Morgan fingerprint density at radius 1 is 1.08 bits per heavy atom. The molecule has 0 saturated heterocycles. The van der Waals surface area contributed by atoms with Gasteiger partial charge in [-0.15, -0.1) is 0 Å². The van der Waals surface area contributed by atoms with Crippen molar-refractivity contribution < 1.29 is 41.8 Å². The van der Waals surface area contributed by atoms with Gasteiger partial charge in [0.15, 0.2) is 0 Å². The number of imidazole rings is 1. The van der Waals surface area contributed by atoms with Crippen LogP contribution in [0.3, 0.4) is 0 Å². The van der Waals surface area contributed by atoms with Gasteiger partial charge >= 0.3 is 17.8 Å². The fraction of sp³-hybridized carbons (Fsp3) is 0.360. The van der Waals surface area contributed by atoms with Crippen molar-refractivity contribution in [3.05, 3.63) is 58.0 Å². The Hall–Kier alpha value is -4.49. The highest BCUT2D eigenvalue weighted by molar-refractivity contribution is 5.84. The maximum Gasteiger partial charge on any atom is 0.416 e. The van der Waals surface area contributed by atoms with Crippen LogP contribution in [0.15, 0.2) is 41.2 Å². The highest BCUT2D eigenvalue weighted by Crippen LogP contribution is 2.32. The molecule has 0 bridgehead atoms. The number of esters is 1. The monoisotopic (exact) mass is 552 g/mol. The summed E-state index contributed by atoms with van der Waals surface area (Å²) in [6.45, 7) is 0.401. The predicted molar refractivity (Wildman–Crippen MR) is 132 cm³/mol. The number of primary amides is 1. The van der Waals surface area contributed by atoms with E-state index in [9.17, 15) is 32.3 Å². The van der Waals surface area contributed by atoms with E-state index in [0.717, 1.165) is 26.2 Å². The first-order valence-electron chi connectivity index (χ1n) is 11.6. The molecule has 0 aliphatic rings. The first-order chi connectivity index (χ1) is 18.4. The molecule has 2 aromatic carbocycles. The number of carbonyl (C=O) groups excluding carboxylic acids is 3. The van der Waals surface area contributed by atoms with Crippen molar-refractivity contribution in [1.82, 2.24) is 14.0 Å². The number of aromatic nitrogens is 2. The highest BCUT2D eigenvalue weighted by atomic mass is 19.4. The molecule has 0 radical (unpaired) electrons. The SMILES string of the molecule is CCOC(=O)Cn1c(=O)n(C(CN(C=O)Cc2cc(OC)cc(OC)c2)C(N)=O)c2cc(C(F)(F)F)ccc21. The minimum absolute atomic E-state index is 0.0116. The number of rotatable bonds is 12. The molecule has 0 aliphatic heterocycles. The number of carbonyl (C=O) groups is 3. The second-order valence-corrected chi connectivity index (χ2v) is 8.42. The van der Waals surface area contributed by atoms with Crippen molar-refractivity contribution in [2.24, 2.45) is 5.73 Å². The van der Waals surface area contributed by atoms with Gasteiger partial charge in [-0.3, -0.25) is 23.5 Å². The van der Waals surface area contributed by atoms with Crippen molar-refractivity contribution in [2.45, 2.75) is 32.2 Å². The number of halogens is 3. The molecule has 1 heterocycles. The Labute approximate surface area is 220 Å². The molecule has 0 spiro atoms. The van der Waals surface area contributed by atoms with E-state index in [1.165, 1.54) is 14.2 Å². The molecule has 14 heteroatoms. The minimum Gasteiger partial charge on any atom is -0.497 e. The van der Waals surface area contributed by atoms with Gasteiger partial charge in [-0.05, 0) is 42.8 Å². The number of fused-ring (bicyclic) bond motifs is 1. The van der Waals surface area contributed by atoms with Gasteiger partial charge in [0, 0.05) is 12.6 Å². The molecule has 1 aromatic heterocycles. The van der Waals surface area contributed by atoms with E-state index >= 15 is 0 Å². The highest BCUT2D eigenvalue weighted by Gasteiger charge is 2.33. The number of benzene rings is 2. The summed E-state index contributed by atoms with van der Waals surface area (Å²) < 4.78 is 57.5. The number of ether oxygens (including phenoxy) is 3. The van der Waals surface area contributed by atoms with Gasteiger partial charge in [-0.1, -0.05) is 0 Å². The molecule has 3 aromatic rings. The fourth-order valence-corrected chi connectivity index (χ4v) is 4.10. The molecule has 1 unspecified atom stereocenters. The van der Waals surface area contributed by atoms with Gasteiger partial charge in [0.25, 0.3) is 0 Å². The van der Waals surface area contributed by atoms with Crippen molar-refractivity contribution >= 4 is 29.3 Å². The summed E-state index contributed by atoms with van der Waals surface area (Å²) in [4.78, 5) is 51.2. The first kappa shape index (κ1) is 29.1. The van der Waals surface area contributed by atoms with Crippen molar-refractivity contribution in [3.8, 4) is 11.5 Å². The van der Waals surface area contributed by atoms with Crippen LogP contribution in [0.5, 0.6) is 11.5 Å². The van der Waals surface area contributed by atoms with Gasteiger partial charge in [0.2, 0.25) is 12.3 Å². The summed E-state index contributed by atoms with van der Waals surface area (Å²) in [5, 5.41) is 0. The number of nitrogens with zero attached hydrogens (tertiary/aromatic N) is 3. The lowest BCUT2D eigenvalue weighted by molar-refractivity contribution is -0.143. The number of nitrogens with two attached hydrogens (primary N) is 1. The van der Waals surface area contributed by atoms with Crippen LogP contribution in [-0.2, 0) is 38.4 Å². The van der Waals surface area contributed by atoms with Crippen LogP contribution >= 0.6 is 0 Å². The molecular weight excluding hydrogens is 525 g/mol. The number of methoxy groups -OCH3 is 2. The van der Waals surface area contributed by atoms with E-state index in [1.54, 1.807) is 25.1 Å². The van der Waals surface area contributed by atoms with Crippen LogP contribution in [-0.4, -0.2) is 59.7 Å². The molecule has 1 atom stereocenters. The average Bonchev–Trinajstić information content (AvgIpc) is 3.15. The summed E-state index contributed by atoms with van der Waals surface area (Å²) in [6.07, 6.45) is -4.35. The molecule has 3 rings (SSSR count). The topological polar surface area (TPSA) is 135 Å². The van der Waals surface area contributed by atoms with Crippen LogP contribution in [0.4, 0.5) is 13.2 Å².